The number of likely N-dealkylation sites (tertiary alicyclic amines) is 1. The van der Waals surface area contributed by atoms with Gasteiger partial charge in [-0.2, -0.15) is 4.79 Å². The molecule has 4 nitrogen and oxygen atoms in total. The van der Waals surface area contributed by atoms with E-state index in [4.69, 9.17) is 10.5 Å². The third-order valence-corrected chi connectivity index (χ3v) is 3.85. The first-order valence-electron chi connectivity index (χ1n) is 7.70. The first kappa shape index (κ1) is 16.0. The molecule has 0 bridgehead atoms. The quantitative estimate of drug-likeness (QED) is 0.852. The summed E-state index contributed by atoms with van der Waals surface area (Å²) in [5.74, 6) is 0. The Bertz CT molecular complexity index is 481. The maximum atomic E-state index is 12.8. The first-order chi connectivity index (χ1) is 9.81. The molecule has 0 saturated carbocycles. The van der Waals surface area contributed by atoms with Gasteiger partial charge in [-0.15, -0.1) is 0 Å². The average molecular weight is 291 g/mol. The monoisotopic (exact) mass is 291 g/mol. The van der Waals surface area contributed by atoms with Crippen molar-refractivity contribution in [2.75, 3.05) is 13.1 Å². The van der Waals surface area contributed by atoms with Crippen LogP contribution in [0.3, 0.4) is 0 Å². The van der Waals surface area contributed by atoms with Crippen molar-refractivity contribution in [3.05, 3.63) is 35.9 Å². The van der Waals surface area contributed by atoms with Gasteiger partial charge in [0.05, 0.1) is 12.6 Å². The molecule has 0 radical (unpaired) electrons. The molecule has 1 fully saturated rings. The number of rotatable bonds is 2. The minimum atomic E-state index is -0.472. The molecule has 1 aromatic rings. The Kier molecular flexibility index (Phi) is 4.69. The van der Waals surface area contributed by atoms with E-state index in [0.717, 1.165) is 24.9 Å². The van der Waals surface area contributed by atoms with Gasteiger partial charge in [-0.25, -0.2) is 4.48 Å². The molecule has 2 unspecified atom stereocenters. The number of ether oxygens (including phenoxy) is 1. The Balaban J connectivity index is 2.24. The molecule has 1 amide bonds. The molecule has 0 aromatic heterocycles. The van der Waals surface area contributed by atoms with E-state index in [0.29, 0.717) is 17.6 Å². The number of hydrogen-bond donors (Lipinski definition) is 1. The van der Waals surface area contributed by atoms with E-state index in [-0.39, 0.29) is 12.1 Å². The second-order valence-corrected chi connectivity index (χ2v) is 7.08. The summed E-state index contributed by atoms with van der Waals surface area (Å²) in [6.45, 7) is 7.85. The van der Waals surface area contributed by atoms with Crippen LogP contribution in [0.2, 0.25) is 0 Å². The highest BCUT2D eigenvalue weighted by atomic mass is 16.6. The van der Waals surface area contributed by atoms with Crippen LogP contribution in [0.5, 0.6) is 0 Å². The molecule has 1 aliphatic rings. The average Bonchev–Trinajstić information content (AvgIpc) is 2.38. The summed E-state index contributed by atoms with van der Waals surface area (Å²) in [6.07, 6.45) is 1.80. The Hall–Kier alpha value is -1.39. The standard InChI is InChI=1S/C17H27N2O2/c1-17(2,3)21-16(20)19(11-7-10-15(18)13-19)12-14-8-5-4-6-9-14/h4-6,8-9,15H,7,10-13,18H2,1-3H3/q+1. The van der Waals surface area contributed by atoms with Crippen molar-refractivity contribution in [3.8, 4) is 0 Å². The van der Waals surface area contributed by atoms with E-state index in [1.165, 1.54) is 0 Å². The summed E-state index contributed by atoms with van der Waals surface area (Å²) in [4.78, 5) is 12.8. The van der Waals surface area contributed by atoms with E-state index in [1.807, 2.05) is 39.0 Å². The number of piperidine rings is 1. The molecule has 2 rings (SSSR count). The summed E-state index contributed by atoms with van der Waals surface area (Å²) in [5, 5.41) is 0. The Labute approximate surface area is 127 Å². The predicted molar refractivity (Wildman–Crippen MR) is 83.6 cm³/mol. The van der Waals surface area contributed by atoms with Crippen molar-refractivity contribution < 1.29 is 14.0 Å². The summed E-state index contributed by atoms with van der Waals surface area (Å²) >= 11 is 0. The first-order valence-corrected chi connectivity index (χ1v) is 7.70. The lowest BCUT2D eigenvalue weighted by Crippen LogP contribution is -2.61. The summed E-state index contributed by atoms with van der Waals surface area (Å²) < 4.78 is 5.99. The second kappa shape index (κ2) is 6.16. The highest BCUT2D eigenvalue weighted by Crippen LogP contribution is 2.26. The van der Waals surface area contributed by atoms with Crippen LogP contribution in [0.4, 0.5) is 4.79 Å². The van der Waals surface area contributed by atoms with Crippen molar-refractivity contribution in [1.29, 1.82) is 0 Å². The van der Waals surface area contributed by atoms with Crippen LogP contribution < -0.4 is 5.73 Å². The van der Waals surface area contributed by atoms with Crippen molar-refractivity contribution in [2.24, 2.45) is 5.73 Å². The van der Waals surface area contributed by atoms with E-state index >= 15 is 0 Å². The zero-order valence-corrected chi connectivity index (χ0v) is 13.3. The van der Waals surface area contributed by atoms with Gasteiger partial charge in [0.15, 0.2) is 0 Å². The van der Waals surface area contributed by atoms with E-state index in [2.05, 4.69) is 12.1 Å². The van der Waals surface area contributed by atoms with Gasteiger partial charge in [0.1, 0.15) is 18.7 Å². The molecule has 1 heterocycles. The fourth-order valence-corrected chi connectivity index (χ4v) is 2.95. The van der Waals surface area contributed by atoms with E-state index < -0.39 is 5.60 Å². The molecule has 4 heteroatoms. The summed E-state index contributed by atoms with van der Waals surface area (Å²) in [6, 6.07) is 10.2. The Morgan fingerprint density at radius 2 is 2.00 bits per heavy atom. The molecule has 0 aliphatic carbocycles. The normalized spacial score (nSPS) is 26.4. The fraction of sp³-hybridized carbons (Fsp3) is 0.588. The van der Waals surface area contributed by atoms with Crippen molar-refractivity contribution in [2.45, 2.75) is 51.8 Å². The number of nitrogens with two attached hydrogens (primary N) is 1. The number of nitrogens with zero attached hydrogens (tertiary/aromatic N) is 1. The number of quaternary nitrogens is 1. The molecule has 0 spiro atoms. The second-order valence-electron chi connectivity index (χ2n) is 7.08. The number of amides is 1. The zero-order valence-electron chi connectivity index (χ0n) is 13.3. The molecule has 21 heavy (non-hydrogen) atoms. The van der Waals surface area contributed by atoms with Gasteiger partial charge in [0.2, 0.25) is 0 Å². The van der Waals surface area contributed by atoms with Crippen LogP contribution in [0, 0.1) is 0 Å². The predicted octanol–water partition coefficient (Wildman–Crippen LogP) is 3.06. The summed E-state index contributed by atoms with van der Waals surface area (Å²) in [5.41, 5.74) is 6.82. The smallest absolute Gasteiger partial charge is 0.414 e. The highest BCUT2D eigenvalue weighted by Gasteiger charge is 2.44. The highest BCUT2D eigenvalue weighted by molar-refractivity contribution is 5.60. The van der Waals surface area contributed by atoms with Gasteiger partial charge >= 0.3 is 6.09 Å². The fourth-order valence-electron chi connectivity index (χ4n) is 2.95. The third-order valence-electron chi connectivity index (χ3n) is 3.85. The number of carbonyl (C=O) groups excluding carboxylic acids is 1. The molecule has 1 aliphatic heterocycles. The molecular formula is C17H27N2O2+. The lowest BCUT2D eigenvalue weighted by Gasteiger charge is -2.41. The lowest BCUT2D eigenvalue weighted by atomic mass is 10.0. The van der Waals surface area contributed by atoms with Crippen LogP contribution in [0.1, 0.15) is 39.2 Å². The minimum Gasteiger partial charge on any atom is -0.414 e. The van der Waals surface area contributed by atoms with E-state index in [9.17, 15) is 4.79 Å². The number of benzene rings is 1. The van der Waals surface area contributed by atoms with Gasteiger partial charge in [0.25, 0.3) is 0 Å². The van der Waals surface area contributed by atoms with Gasteiger partial charge in [-0.3, -0.25) is 0 Å². The van der Waals surface area contributed by atoms with Gasteiger partial charge in [-0.05, 0) is 33.6 Å². The van der Waals surface area contributed by atoms with Gasteiger partial charge < -0.3 is 10.5 Å². The molecule has 2 atom stereocenters. The van der Waals surface area contributed by atoms with Gasteiger partial charge in [0, 0.05) is 5.56 Å². The van der Waals surface area contributed by atoms with Crippen molar-refractivity contribution in [3.63, 3.8) is 0 Å². The van der Waals surface area contributed by atoms with Crippen molar-refractivity contribution in [1.82, 2.24) is 0 Å². The van der Waals surface area contributed by atoms with Crippen LogP contribution >= 0.6 is 0 Å². The molecule has 1 saturated heterocycles. The topological polar surface area (TPSA) is 52.3 Å². The van der Waals surface area contributed by atoms with Gasteiger partial charge in [-0.1, -0.05) is 30.3 Å². The van der Waals surface area contributed by atoms with Crippen LogP contribution in [-0.4, -0.2) is 35.3 Å². The minimum absolute atomic E-state index is 0.0648. The SMILES string of the molecule is CC(C)(C)OC(=O)[N+]1(Cc2ccccc2)CCCC(N)C1. The number of hydrogen-bond acceptors (Lipinski definition) is 3. The lowest BCUT2D eigenvalue weighted by molar-refractivity contribution is -0.877. The van der Waals surface area contributed by atoms with Crippen LogP contribution in [0.25, 0.3) is 0 Å². The van der Waals surface area contributed by atoms with Crippen LogP contribution in [0.15, 0.2) is 30.3 Å². The maximum Gasteiger partial charge on any atom is 0.516 e. The molecule has 2 N–H and O–H groups in total. The van der Waals surface area contributed by atoms with E-state index in [1.54, 1.807) is 0 Å². The molecule has 1 aromatic carbocycles. The molecule has 116 valence electrons. The number of carbonyl (C=O) groups is 1. The Morgan fingerprint density at radius 3 is 2.57 bits per heavy atom. The summed E-state index contributed by atoms with van der Waals surface area (Å²) in [7, 11) is 0. The molecular weight excluding hydrogens is 264 g/mol. The maximum absolute atomic E-state index is 12.8. The third kappa shape index (κ3) is 4.29. The van der Waals surface area contributed by atoms with Crippen molar-refractivity contribution >= 4 is 6.09 Å². The largest absolute Gasteiger partial charge is 0.516 e. The Morgan fingerprint density at radius 1 is 1.33 bits per heavy atom. The zero-order chi connectivity index (χ0) is 15.5. The van der Waals surface area contributed by atoms with Crippen LogP contribution in [-0.2, 0) is 11.3 Å².